The maximum atomic E-state index is 10.8. The first-order valence-corrected chi connectivity index (χ1v) is 6.17. The molecule has 1 aromatic carbocycles. The van der Waals surface area contributed by atoms with Gasteiger partial charge in [-0.15, -0.1) is 11.8 Å². The zero-order chi connectivity index (χ0) is 12.8. The molecule has 0 aliphatic rings. The molecule has 0 fully saturated rings. The van der Waals surface area contributed by atoms with Gasteiger partial charge in [-0.1, -0.05) is 19.1 Å². The Morgan fingerprint density at radius 3 is 2.82 bits per heavy atom. The number of aliphatic carboxylic acids is 1. The Morgan fingerprint density at radius 2 is 2.29 bits per heavy atom. The highest BCUT2D eigenvalue weighted by atomic mass is 32.2. The third kappa shape index (κ3) is 4.07. The molecule has 0 saturated heterocycles. The van der Waals surface area contributed by atoms with Crippen molar-refractivity contribution in [1.82, 2.24) is 0 Å². The second-order valence-corrected chi connectivity index (χ2v) is 4.66. The Hall–Kier alpha value is -1.56. The summed E-state index contributed by atoms with van der Waals surface area (Å²) in [5.74, 6) is -0.380. The lowest BCUT2D eigenvalue weighted by Gasteiger charge is -2.08. The Kier molecular flexibility index (Phi) is 4.96. The standard InChI is InChI=1S/C11H13NO4S/c1-2-10(11(13)14)17-7-8-4-3-5-9(6-8)12(15)16/h3-6,10H,2,7H2,1H3,(H,13,14). The van der Waals surface area contributed by atoms with Crippen molar-refractivity contribution in [3.8, 4) is 0 Å². The van der Waals surface area contributed by atoms with Crippen LogP contribution in [0, 0.1) is 10.1 Å². The molecular formula is C11H13NO4S. The molecule has 1 N–H and O–H groups in total. The number of carboxylic acid groups (broad SMARTS) is 1. The molecule has 1 unspecified atom stereocenters. The summed E-state index contributed by atoms with van der Waals surface area (Å²) < 4.78 is 0. The van der Waals surface area contributed by atoms with Gasteiger partial charge in [-0.2, -0.15) is 0 Å². The molecule has 0 aliphatic carbocycles. The zero-order valence-corrected chi connectivity index (χ0v) is 10.1. The lowest BCUT2D eigenvalue weighted by molar-refractivity contribution is -0.384. The van der Waals surface area contributed by atoms with Crippen LogP contribution in [0.3, 0.4) is 0 Å². The minimum atomic E-state index is -0.845. The minimum Gasteiger partial charge on any atom is -0.480 e. The fourth-order valence-corrected chi connectivity index (χ4v) is 2.27. The van der Waals surface area contributed by atoms with Crippen molar-refractivity contribution >= 4 is 23.4 Å². The molecule has 0 spiro atoms. The molecule has 0 amide bonds. The van der Waals surface area contributed by atoms with Gasteiger partial charge in [-0.05, 0) is 12.0 Å². The van der Waals surface area contributed by atoms with Crippen molar-refractivity contribution in [3.05, 3.63) is 39.9 Å². The number of carbonyl (C=O) groups is 1. The number of nitro benzene ring substituents is 1. The summed E-state index contributed by atoms with van der Waals surface area (Å²) in [6.07, 6.45) is 0.537. The van der Waals surface area contributed by atoms with Gasteiger partial charge < -0.3 is 5.11 Å². The fourth-order valence-electron chi connectivity index (χ4n) is 1.32. The highest BCUT2D eigenvalue weighted by molar-refractivity contribution is 7.99. The fraction of sp³-hybridized carbons (Fsp3) is 0.364. The summed E-state index contributed by atoms with van der Waals surface area (Å²) in [6, 6.07) is 6.26. The molecule has 0 heterocycles. The number of non-ortho nitro benzene ring substituents is 1. The van der Waals surface area contributed by atoms with Crippen LogP contribution in [0.1, 0.15) is 18.9 Å². The molecule has 6 heteroatoms. The average Bonchev–Trinajstić information content (AvgIpc) is 2.29. The Morgan fingerprint density at radius 1 is 1.59 bits per heavy atom. The van der Waals surface area contributed by atoms with E-state index in [1.807, 2.05) is 0 Å². The van der Waals surface area contributed by atoms with Crippen LogP contribution in [0.2, 0.25) is 0 Å². The Balaban J connectivity index is 2.66. The highest BCUT2D eigenvalue weighted by Gasteiger charge is 2.15. The summed E-state index contributed by atoms with van der Waals surface area (Å²) in [7, 11) is 0. The second-order valence-electron chi connectivity index (χ2n) is 3.47. The molecule has 1 atom stereocenters. The highest BCUT2D eigenvalue weighted by Crippen LogP contribution is 2.22. The van der Waals surface area contributed by atoms with E-state index in [4.69, 9.17) is 5.11 Å². The lowest BCUT2D eigenvalue weighted by atomic mass is 10.2. The predicted octanol–water partition coefficient (Wildman–Crippen LogP) is 2.69. The SMILES string of the molecule is CCC(SCc1cccc([N+](=O)[O-])c1)C(=O)O. The van der Waals surface area contributed by atoms with E-state index >= 15 is 0 Å². The van der Waals surface area contributed by atoms with Crippen molar-refractivity contribution in [2.45, 2.75) is 24.3 Å². The zero-order valence-electron chi connectivity index (χ0n) is 9.33. The summed E-state index contributed by atoms with van der Waals surface area (Å²) >= 11 is 1.28. The number of rotatable bonds is 6. The smallest absolute Gasteiger partial charge is 0.316 e. The van der Waals surface area contributed by atoms with Gasteiger partial charge in [0.2, 0.25) is 0 Å². The summed E-state index contributed by atoms with van der Waals surface area (Å²) in [6.45, 7) is 1.80. The quantitative estimate of drug-likeness (QED) is 0.624. The molecule has 17 heavy (non-hydrogen) atoms. The molecule has 0 radical (unpaired) electrons. The van der Waals surface area contributed by atoms with Gasteiger partial charge in [0, 0.05) is 17.9 Å². The van der Waals surface area contributed by atoms with Crippen LogP contribution in [-0.4, -0.2) is 21.2 Å². The number of hydrogen-bond donors (Lipinski definition) is 1. The van der Waals surface area contributed by atoms with Crippen LogP contribution in [0.15, 0.2) is 24.3 Å². The van der Waals surface area contributed by atoms with Crippen molar-refractivity contribution in [2.75, 3.05) is 0 Å². The number of hydrogen-bond acceptors (Lipinski definition) is 4. The average molecular weight is 255 g/mol. The van der Waals surface area contributed by atoms with E-state index in [9.17, 15) is 14.9 Å². The number of carboxylic acids is 1. The molecule has 1 aromatic rings. The van der Waals surface area contributed by atoms with Gasteiger partial charge in [0.25, 0.3) is 5.69 Å². The van der Waals surface area contributed by atoms with Crippen LogP contribution < -0.4 is 0 Å². The van der Waals surface area contributed by atoms with Crippen LogP contribution in [0.5, 0.6) is 0 Å². The van der Waals surface area contributed by atoms with Gasteiger partial charge in [0.05, 0.1) is 4.92 Å². The lowest BCUT2D eigenvalue weighted by Crippen LogP contribution is -2.15. The second kappa shape index (κ2) is 6.24. The maximum absolute atomic E-state index is 10.8. The van der Waals surface area contributed by atoms with Gasteiger partial charge in [0.15, 0.2) is 0 Å². The summed E-state index contributed by atoms with van der Waals surface area (Å²) in [5, 5.41) is 19.0. The Labute approximate surface area is 103 Å². The first kappa shape index (κ1) is 13.5. The topological polar surface area (TPSA) is 80.4 Å². The number of nitro groups is 1. The van der Waals surface area contributed by atoms with E-state index in [0.717, 1.165) is 5.56 Å². The number of nitrogens with zero attached hydrogens (tertiary/aromatic N) is 1. The van der Waals surface area contributed by atoms with Gasteiger partial charge in [0.1, 0.15) is 5.25 Å². The first-order chi connectivity index (χ1) is 8.04. The minimum absolute atomic E-state index is 0.0338. The van der Waals surface area contributed by atoms with Gasteiger partial charge in [-0.25, -0.2) is 0 Å². The first-order valence-electron chi connectivity index (χ1n) is 5.12. The molecule has 0 bridgehead atoms. The van der Waals surface area contributed by atoms with E-state index in [-0.39, 0.29) is 5.69 Å². The molecule has 0 aliphatic heterocycles. The molecular weight excluding hydrogens is 242 g/mol. The van der Waals surface area contributed by atoms with Gasteiger partial charge >= 0.3 is 5.97 Å². The van der Waals surface area contributed by atoms with Gasteiger partial charge in [-0.3, -0.25) is 14.9 Å². The summed E-state index contributed by atoms with van der Waals surface area (Å²) in [5.41, 5.74) is 0.801. The van der Waals surface area contributed by atoms with E-state index in [0.29, 0.717) is 12.2 Å². The molecule has 5 nitrogen and oxygen atoms in total. The third-order valence-electron chi connectivity index (χ3n) is 2.22. The van der Waals surface area contributed by atoms with Crippen LogP contribution in [-0.2, 0) is 10.5 Å². The normalized spacial score (nSPS) is 12.1. The molecule has 92 valence electrons. The molecule has 0 saturated carbocycles. The van der Waals surface area contributed by atoms with Crippen LogP contribution >= 0.6 is 11.8 Å². The Bertz CT molecular complexity index is 422. The van der Waals surface area contributed by atoms with Crippen molar-refractivity contribution in [3.63, 3.8) is 0 Å². The molecule has 1 rings (SSSR count). The van der Waals surface area contributed by atoms with E-state index < -0.39 is 16.1 Å². The number of benzene rings is 1. The van der Waals surface area contributed by atoms with E-state index in [1.54, 1.807) is 19.1 Å². The molecule has 0 aromatic heterocycles. The van der Waals surface area contributed by atoms with Crippen LogP contribution in [0.25, 0.3) is 0 Å². The van der Waals surface area contributed by atoms with E-state index in [2.05, 4.69) is 0 Å². The predicted molar refractivity (Wildman–Crippen MR) is 66.1 cm³/mol. The van der Waals surface area contributed by atoms with Crippen LogP contribution in [0.4, 0.5) is 5.69 Å². The third-order valence-corrected chi connectivity index (χ3v) is 3.66. The van der Waals surface area contributed by atoms with Crippen molar-refractivity contribution < 1.29 is 14.8 Å². The number of thioether (sulfide) groups is 1. The largest absolute Gasteiger partial charge is 0.480 e. The monoisotopic (exact) mass is 255 g/mol. The van der Waals surface area contributed by atoms with Crippen molar-refractivity contribution in [2.24, 2.45) is 0 Å². The summed E-state index contributed by atoms with van der Waals surface area (Å²) in [4.78, 5) is 20.9. The van der Waals surface area contributed by atoms with Crippen molar-refractivity contribution in [1.29, 1.82) is 0 Å². The maximum Gasteiger partial charge on any atom is 0.316 e. The van der Waals surface area contributed by atoms with E-state index in [1.165, 1.54) is 23.9 Å².